The van der Waals surface area contributed by atoms with E-state index in [-0.39, 0.29) is 17.2 Å². The molecule has 7 nitrogen and oxygen atoms in total. The van der Waals surface area contributed by atoms with Gasteiger partial charge in [-0.05, 0) is 36.8 Å². The number of hydrogen-bond donors (Lipinski definition) is 0. The zero-order valence-corrected chi connectivity index (χ0v) is 16.0. The zero-order valence-electron chi connectivity index (χ0n) is 15.2. The molecule has 0 spiro atoms. The van der Waals surface area contributed by atoms with Crippen molar-refractivity contribution in [3.63, 3.8) is 0 Å². The second-order valence-electron chi connectivity index (χ2n) is 6.47. The molecule has 0 N–H and O–H groups in total. The van der Waals surface area contributed by atoms with Gasteiger partial charge in [0.15, 0.2) is 22.8 Å². The summed E-state index contributed by atoms with van der Waals surface area (Å²) in [6.45, 7) is 0.385. The van der Waals surface area contributed by atoms with Gasteiger partial charge in [0.05, 0.1) is 17.4 Å². The molecule has 0 unspecified atom stereocenters. The molecular weight excluding hydrogens is 419 g/mol. The van der Waals surface area contributed by atoms with Gasteiger partial charge in [0, 0.05) is 24.7 Å². The fourth-order valence-electron chi connectivity index (χ4n) is 3.21. The van der Waals surface area contributed by atoms with Gasteiger partial charge >= 0.3 is 6.18 Å². The number of anilines is 2. The number of carbonyl (C=O) groups excluding carboxylic acids is 1. The predicted octanol–water partition coefficient (Wildman–Crippen LogP) is 4.03. The Morgan fingerprint density at radius 2 is 2.00 bits per heavy atom. The van der Waals surface area contributed by atoms with Gasteiger partial charge < -0.3 is 9.32 Å². The Hall–Kier alpha value is -3.52. The number of thiocarbonyl (C=S) groups is 1. The largest absolute Gasteiger partial charge is 0.443 e. The summed E-state index contributed by atoms with van der Waals surface area (Å²) >= 11 is 5.49. The summed E-state index contributed by atoms with van der Waals surface area (Å²) in [5.41, 5.74) is -0.384. The summed E-state index contributed by atoms with van der Waals surface area (Å²) in [6, 6.07) is 7.30. The Morgan fingerprint density at radius 1 is 1.20 bits per heavy atom. The highest BCUT2D eigenvalue weighted by Gasteiger charge is 2.37. The van der Waals surface area contributed by atoms with Crippen molar-refractivity contribution in [1.82, 2.24) is 9.97 Å². The van der Waals surface area contributed by atoms with Crippen LogP contribution in [0, 0.1) is 11.3 Å². The monoisotopic (exact) mass is 431 g/mol. The molecule has 0 atom stereocenters. The van der Waals surface area contributed by atoms with Crippen LogP contribution in [-0.2, 0) is 11.0 Å². The van der Waals surface area contributed by atoms with E-state index in [0.29, 0.717) is 29.8 Å². The van der Waals surface area contributed by atoms with Crippen LogP contribution in [0.25, 0.3) is 11.1 Å². The van der Waals surface area contributed by atoms with E-state index in [1.54, 1.807) is 23.1 Å². The molecule has 3 aromatic rings. The molecule has 0 bridgehead atoms. The van der Waals surface area contributed by atoms with Gasteiger partial charge in [-0.1, -0.05) is 0 Å². The first-order valence-electron chi connectivity index (χ1n) is 8.74. The molecule has 0 radical (unpaired) electrons. The van der Waals surface area contributed by atoms with Crippen molar-refractivity contribution in [1.29, 1.82) is 5.26 Å². The number of pyridine rings is 1. The first-order valence-corrected chi connectivity index (χ1v) is 9.15. The number of hydrogen-bond acceptors (Lipinski definition) is 6. The smallest absolute Gasteiger partial charge is 0.419 e. The number of halogens is 3. The van der Waals surface area contributed by atoms with Crippen LogP contribution in [0.2, 0.25) is 0 Å². The fraction of sp³-hybridized carbons (Fsp3) is 0.211. The lowest BCUT2D eigenvalue weighted by Gasteiger charge is -2.29. The molecule has 0 saturated carbocycles. The summed E-state index contributed by atoms with van der Waals surface area (Å²) in [5, 5.41) is 8.96. The van der Waals surface area contributed by atoms with E-state index in [2.05, 4.69) is 9.97 Å². The third-order valence-corrected chi connectivity index (χ3v) is 5.02. The number of nitriles is 1. The molecule has 1 aliphatic rings. The van der Waals surface area contributed by atoms with Crippen molar-refractivity contribution in [2.24, 2.45) is 0 Å². The number of aromatic nitrogens is 2. The maximum atomic E-state index is 13.4. The summed E-state index contributed by atoms with van der Waals surface area (Å²) in [5.74, 6) is -0.456. The summed E-state index contributed by atoms with van der Waals surface area (Å²) in [7, 11) is 0. The number of carbonyl (C=O) groups is 1. The van der Waals surface area contributed by atoms with Gasteiger partial charge in [0.1, 0.15) is 11.6 Å². The highest BCUT2D eigenvalue weighted by molar-refractivity contribution is 7.81. The van der Waals surface area contributed by atoms with E-state index in [1.807, 2.05) is 0 Å². The lowest BCUT2D eigenvalue weighted by Crippen LogP contribution is -2.44. The molecule has 1 fully saturated rings. The highest BCUT2D eigenvalue weighted by Crippen LogP contribution is 2.35. The maximum Gasteiger partial charge on any atom is 0.419 e. The Morgan fingerprint density at radius 3 is 2.73 bits per heavy atom. The second kappa shape index (κ2) is 7.38. The minimum Gasteiger partial charge on any atom is -0.443 e. The van der Waals surface area contributed by atoms with E-state index < -0.39 is 23.3 Å². The Kier molecular flexibility index (Phi) is 4.87. The summed E-state index contributed by atoms with van der Waals surface area (Å²) in [4.78, 5) is 23.0. The fourth-order valence-corrected chi connectivity index (χ4v) is 3.61. The minimum atomic E-state index is -4.80. The van der Waals surface area contributed by atoms with Gasteiger partial charge in [0.25, 0.3) is 0 Å². The SMILES string of the molecule is N#Cc1ncc(N2C(=O)CCCN(c3ccc4ncoc4c3)C2=S)cc1C(F)(F)F. The third kappa shape index (κ3) is 3.46. The van der Waals surface area contributed by atoms with Crippen molar-refractivity contribution in [2.45, 2.75) is 19.0 Å². The van der Waals surface area contributed by atoms with Crippen molar-refractivity contribution in [2.75, 3.05) is 16.3 Å². The molecule has 152 valence electrons. The molecule has 2 aromatic heterocycles. The van der Waals surface area contributed by atoms with Gasteiger partial charge in [-0.3, -0.25) is 9.69 Å². The normalized spacial score (nSPS) is 15.4. The number of alkyl halides is 3. The van der Waals surface area contributed by atoms with Crippen LogP contribution in [0.5, 0.6) is 0 Å². The van der Waals surface area contributed by atoms with Gasteiger partial charge in [-0.25, -0.2) is 9.97 Å². The third-order valence-electron chi connectivity index (χ3n) is 4.61. The van der Waals surface area contributed by atoms with E-state index >= 15 is 0 Å². The molecule has 1 aromatic carbocycles. The summed E-state index contributed by atoms with van der Waals surface area (Å²) in [6.07, 6.45) is -1.93. The van der Waals surface area contributed by atoms with Crippen LogP contribution >= 0.6 is 12.2 Å². The standard InChI is InChI=1S/C19H12F3N5O2S/c20-19(21,22)13-6-12(9-24-15(13)8-23)27-17(28)2-1-5-26(18(27)30)11-3-4-14-16(7-11)29-10-25-14/h3-4,6-7,9-10H,1-2,5H2. The Bertz CT molecular complexity index is 1200. The van der Waals surface area contributed by atoms with E-state index in [4.69, 9.17) is 21.9 Å². The number of oxazole rings is 1. The molecule has 30 heavy (non-hydrogen) atoms. The van der Waals surface area contributed by atoms with Crippen molar-refractivity contribution >= 4 is 45.7 Å². The zero-order chi connectivity index (χ0) is 21.5. The predicted molar refractivity (Wildman–Crippen MR) is 105 cm³/mol. The second-order valence-corrected chi connectivity index (χ2v) is 6.84. The topological polar surface area (TPSA) is 86.3 Å². The van der Waals surface area contributed by atoms with Crippen molar-refractivity contribution in [3.05, 3.63) is 48.1 Å². The van der Waals surface area contributed by atoms with Gasteiger partial charge in [-0.15, -0.1) is 0 Å². The average Bonchev–Trinajstić information content (AvgIpc) is 3.12. The number of amides is 1. The molecule has 1 saturated heterocycles. The van der Waals surface area contributed by atoms with E-state index in [0.717, 1.165) is 17.2 Å². The molecule has 0 aliphatic carbocycles. The minimum absolute atomic E-state index is 0.0102. The number of rotatable bonds is 2. The lowest BCUT2D eigenvalue weighted by atomic mass is 10.1. The average molecular weight is 431 g/mol. The first-order chi connectivity index (χ1) is 14.3. The maximum absolute atomic E-state index is 13.4. The molecular formula is C19H12F3N5O2S. The first kappa shape index (κ1) is 19.8. The highest BCUT2D eigenvalue weighted by atomic mass is 32.1. The molecule has 1 amide bonds. The lowest BCUT2D eigenvalue weighted by molar-refractivity contribution is -0.138. The van der Waals surface area contributed by atoms with Crippen LogP contribution in [0.3, 0.4) is 0 Å². The van der Waals surface area contributed by atoms with Crippen LogP contribution < -0.4 is 9.80 Å². The number of benzene rings is 1. The van der Waals surface area contributed by atoms with E-state index in [9.17, 15) is 18.0 Å². The van der Waals surface area contributed by atoms with Gasteiger partial charge in [-0.2, -0.15) is 18.4 Å². The Balaban J connectivity index is 1.77. The molecule has 4 rings (SSSR count). The summed E-state index contributed by atoms with van der Waals surface area (Å²) < 4.78 is 45.4. The van der Waals surface area contributed by atoms with Crippen molar-refractivity contribution in [3.8, 4) is 6.07 Å². The van der Waals surface area contributed by atoms with E-state index in [1.165, 1.54) is 12.5 Å². The van der Waals surface area contributed by atoms with Gasteiger partial charge in [0.2, 0.25) is 5.91 Å². The molecule has 11 heteroatoms. The molecule has 1 aliphatic heterocycles. The quantitative estimate of drug-likeness (QED) is 0.566. The van der Waals surface area contributed by atoms with Crippen LogP contribution in [0.15, 0.2) is 41.3 Å². The van der Waals surface area contributed by atoms with Crippen LogP contribution in [0.4, 0.5) is 24.5 Å². The van der Waals surface area contributed by atoms with Crippen molar-refractivity contribution < 1.29 is 22.4 Å². The Labute approximate surface area is 173 Å². The number of fused-ring (bicyclic) bond motifs is 1. The number of nitrogens with zero attached hydrogens (tertiary/aromatic N) is 5. The molecule has 3 heterocycles. The van der Waals surface area contributed by atoms with Crippen LogP contribution in [-0.4, -0.2) is 27.5 Å². The van der Waals surface area contributed by atoms with Crippen LogP contribution in [0.1, 0.15) is 24.1 Å².